The molecular weight excluding hydrogens is 258 g/mol. The summed E-state index contributed by atoms with van der Waals surface area (Å²) in [7, 11) is 1.90. The molecule has 1 atom stereocenters. The van der Waals surface area contributed by atoms with E-state index in [1.54, 1.807) is 6.20 Å². The fraction of sp³-hybridized carbons (Fsp3) is 0.357. The number of anilines is 1. The van der Waals surface area contributed by atoms with Crippen molar-refractivity contribution in [2.24, 2.45) is 0 Å². The first kappa shape index (κ1) is 12.4. The molecule has 1 aromatic carbocycles. The number of aromatic nitrogens is 1. The van der Waals surface area contributed by atoms with E-state index >= 15 is 0 Å². The monoisotopic (exact) mass is 275 g/mol. The molecule has 3 rings (SSSR count). The van der Waals surface area contributed by atoms with E-state index in [4.69, 9.17) is 5.73 Å². The molecule has 100 valence electrons. The van der Waals surface area contributed by atoms with Crippen LogP contribution in [0, 0.1) is 0 Å². The van der Waals surface area contributed by atoms with Crippen molar-refractivity contribution >= 4 is 34.3 Å². The molecule has 0 bridgehead atoms. The Morgan fingerprint density at radius 3 is 3.11 bits per heavy atom. The highest BCUT2D eigenvalue weighted by molar-refractivity contribution is 7.99. The number of benzene rings is 1. The number of nitrogens with two attached hydrogens (primary N) is 1. The summed E-state index contributed by atoms with van der Waals surface area (Å²) in [6.45, 7) is 0. The van der Waals surface area contributed by atoms with Crippen LogP contribution in [0.25, 0.3) is 10.9 Å². The van der Waals surface area contributed by atoms with Crippen LogP contribution in [0.5, 0.6) is 0 Å². The van der Waals surface area contributed by atoms with E-state index < -0.39 is 0 Å². The van der Waals surface area contributed by atoms with Gasteiger partial charge in [0, 0.05) is 41.6 Å². The number of hydrogen-bond donors (Lipinski definition) is 2. The number of carbonyl (C=O) groups excluding carboxylic acids is 1. The average Bonchev–Trinajstić information content (AvgIpc) is 3.05. The lowest BCUT2D eigenvalue weighted by atomic mass is 10.1. The molecule has 0 spiro atoms. The Morgan fingerprint density at radius 1 is 1.53 bits per heavy atom. The van der Waals surface area contributed by atoms with Crippen LogP contribution in [0.4, 0.5) is 5.69 Å². The van der Waals surface area contributed by atoms with E-state index in [1.807, 2.05) is 41.9 Å². The molecular formula is C14H17N3OS. The normalized spacial score (nSPS) is 18.9. The van der Waals surface area contributed by atoms with Gasteiger partial charge in [0.25, 0.3) is 5.91 Å². The Morgan fingerprint density at radius 2 is 2.37 bits per heavy atom. The second-order valence-electron chi connectivity index (χ2n) is 4.94. The molecule has 0 radical (unpaired) electrons. The van der Waals surface area contributed by atoms with Crippen molar-refractivity contribution < 1.29 is 4.79 Å². The summed E-state index contributed by atoms with van der Waals surface area (Å²) in [5, 5.41) is 0.941. The number of nitrogens with one attached hydrogen (secondary N) is 1. The minimum atomic E-state index is 0.0866. The molecule has 1 aliphatic rings. The molecule has 0 aliphatic carbocycles. The molecule has 1 aromatic heterocycles. The molecule has 2 aromatic rings. The summed E-state index contributed by atoms with van der Waals surface area (Å²) in [4.78, 5) is 17.6. The van der Waals surface area contributed by atoms with Crippen molar-refractivity contribution in [2.75, 3.05) is 24.3 Å². The van der Waals surface area contributed by atoms with Crippen LogP contribution in [-0.4, -0.2) is 40.4 Å². The van der Waals surface area contributed by atoms with Gasteiger partial charge in [0.05, 0.1) is 5.56 Å². The van der Waals surface area contributed by atoms with Gasteiger partial charge in [0.15, 0.2) is 0 Å². The lowest BCUT2D eigenvalue weighted by Crippen LogP contribution is -2.36. The number of rotatable bonds is 2. The third-order valence-electron chi connectivity index (χ3n) is 3.71. The predicted molar refractivity (Wildman–Crippen MR) is 80.5 cm³/mol. The van der Waals surface area contributed by atoms with Crippen LogP contribution in [-0.2, 0) is 0 Å². The van der Waals surface area contributed by atoms with Crippen LogP contribution in [0.3, 0.4) is 0 Å². The number of nitrogens with zero attached hydrogens (tertiary/aromatic N) is 1. The van der Waals surface area contributed by atoms with E-state index in [9.17, 15) is 4.79 Å². The Balaban J connectivity index is 1.92. The van der Waals surface area contributed by atoms with Crippen molar-refractivity contribution in [3.05, 3.63) is 30.0 Å². The van der Waals surface area contributed by atoms with E-state index in [-0.39, 0.29) is 5.91 Å². The van der Waals surface area contributed by atoms with Crippen molar-refractivity contribution in [2.45, 2.75) is 12.5 Å². The number of carbonyl (C=O) groups is 1. The molecule has 1 fully saturated rings. The summed E-state index contributed by atoms with van der Waals surface area (Å²) in [5.41, 5.74) is 8.10. The molecule has 4 nitrogen and oxygen atoms in total. The SMILES string of the molecule is CN(C(=O)c1c[nH]c2cc(N)ccc12)C1CCSC1. The van der Waals surface area contributed by atoms with Gasteiger partial charge in [-0.3, -0.25) is 4.79 Å². The molecule has 2 heterocycles. The second-order valence-corrected chi connectivity index (χ2v) is 6.09. The summed E-state index contributed by atoms with van der Waals surface area (Å²) < 4.78 is 0. The van der Waals surface area contributed by atoms with Crippen LogP contribution in [0.15, 0.2) is 24.4 Å². The van der Waals surface area contributed by atoms with Gasteiger partial charge < -0.3 is 15.6 Å². The number of H-pyrrole nitrogens is 1. The minimum absolute atomic E-state index is 0.0866. The Bertz CT molecular complexity index is 616. The topological polar surface area (TPSA) is 62.1 Å². The van der Waals surface area contributed by atoms with Crippen molar-refractivity contribution in [1.82, 2.24) is 9.88 Å². The van der Waals surface area contributed by atoms with Gasteiger partial charge in [-0.05, 0) is 30.4 Å². The third-order valence-corrected chi connectivity index (χ3v) is 4.85. The highest BCUT2D eigenvalue weighted by atomic mass is 32.2. The van der Waals surface area contributed by atoms with Crippen LogP contribution < -0.4 is 5.73 Å². The lowest BCUT2D eigenvalue weighted by molar-refractivity contribution is 0.0750. The van der Waals surface area contributed by atoms with Gasteiger partial charge in [-0.2, -0.15) is 11.8 Å². The molecule has 1 aliphatic heterocycles. The van der Waals surface area contributed by atoms with Crippen molar-refractivity contribution in [3.8, 4) is 0 Å². The fourth-order valence-corrected chi connectivity index (χ4v) is 3.77. The standard InChI is InChI=1S/C14H17N3OS/c1-17(10-4-5-19-8-10)14(18)12-7-16-13-6-9(15)2-3-11(12)13/h2-3,6-7,10,16H,4-5,8,15H2,1H3. The van der Waals surface area contributed by atoms with E-state index in [0.717, 1.165) is 34.4 Å². The van der Waals surface area contributed by atoms with Crippen molar-refractivity contribution in [3.63, 3.8) is 0 Å². The zero-order chi connectivity index (χ0) is 13.4. The first-order valence-corrected chi connectivity index (χ1v) is 7.54. The number of nitrogen functional groups attached to an aromatic ring is 1. The maximum atomic E-state index is 12.6. The summed E-state index contributed by atoms with van der Waals surface area (Å²) in [6.07, 6.45) is 2.87. The van der Waals surface area contributed by atoms with Crippen LogP contribution >= 0.6 is 11.8 Å². The molecule has 0 saturated carbocycles. The van der Waals surface area contributed by atoms with Gasteiger partial charge in [-0.15, -0.1) is 0 Å². The number of hydrogen-bond acceptors (Lipinski definition) is 3. The van der Waals surface area contributed by atoms with Gasteiger partial charge in [-0.1, -0.05) is 0 Å². The van der Waals surface area contributed by atoms with Gasteiger partial charge in [0.2, 0.25) is 0 Å². The maximum absolute atomic E-state index is 12.6. The highest BCUT2D eigenvalue weighted by Gasteiger charge is 2.25. The lowest BCUT2D eigenvalue weighted by Gasteiger charge is -2.23. The van der Waals surface area contributed by atoms with Gasteiger partial charge in [-0.25, -0.2) is 0 Å². The van der Waals surface area contributed by atoms with E-state index in [1.165, 1.54) is 0 Å². The quantitative estimate of drug-likeness (QED) is 0.827. The largest absolute Gasteiger partial charge is 0.399 e. The molecule has 5 heteroatoms. The van der Waals surface area contributed by atoms with Crippen LogP contribution in [0.1, 0.15) is 16.8 Å². The molecule has 1 saturated heterocycles. The van der Waals surface area contributed by atoms with Crippen molar-refractivity contribution in [1.29, 1.82) is 0 Å². The molecule has 19 heavy (non-hydrogen) atoms. The zero-order valence-electron chi connectivity index (χ0n) is 10.8. The summed E-state index contributed by atoms with van der Waals surface area (Å²) in [5.74, 6) is 2.27. The Kier molecular flexibility index (Phi) is 3.14. The Labute approximate surface area is 116 Å². The molecule has 1 amide bonds. The first-order valence-electron chi connectivity index (χ1n) is 6.38. The third kappa shape index (κ3) is 2.18. The van der Waals surface area contributed by atoms with E-state index in [0.29, 0.717) is 11.7 Å². The minimum Gasteiger partial charge on any atom is -0.399 e. The average molecular weight is 275 g/mol. The van der Waals surface area contributed by atoms with E-state index in [2.05, 4.69) is 4.98 Å². The number of aromatic amines is 1. The van der Waals surface area contributed by atoms with Crippen LogP contribution in [0.2, 0.25) is 0 Å². The second kappa shape index (κ2) is 4.81. The summed E-state index contributed by atoms with van der Waals surface area (Å²) >= 11 is 1.91. The number of amides is 1. The fourth-order valence-electron chi connectivity index (χ4n) is 2.50. The predicted octanol–water partition coefficient (Wildman–Crippen LogP) is 2.33. The highest BCUT2D eigenvalue weighted by Crippen LogP contribution is 2.26. The zero-order valence-corrected chi connectivity index (χ0v) is 11.7. The number of thioether (sulfide) groups is 1. The molecule has 1 unspecified atom stereocenters. The summed E-state index contributed by atoms with van der Waals surface area (Å²) in [6, 6.07) is 5.96. The van der Waals surface area contributed by atoms with Gasteiger partial charge in [0.1, 0.15) is 0 Å². The Hall–Kier alpha value is -1.62. The maximum Gasteiger partial charge on any atom is 0.256 e. The van der Waals surface area contributed by atoms with Gasteiger partial charge >= 0.3 is 0 Å². The number of fused-ring (bicyclic) bond motifs is 1. The molecule has 3 N–H and O–H groups in total. The smallest absolute Gasteiger partial charge is 0.256 e. The first-order chi connectivity index (χ1) is 9.16.